The lowest BCUT2D eigenvalue weighted by atomic mass is 9.36. The smallest absolute Gasteiger partial charge is 0.220 e. The summed E-state index contributed by atoms with van der Waals surface area (Å²) in [5.41, 5.74) is 2.70. The van der Waals surface area contributed by atoms with Gasteiger partial charge in [-0.05, 0) is 73.5 Å². The molecule has 0 amide bonds. The molecule has 31 heavy (non-hydrogen) atoms. The molecule has 2 saturated carbocycles. The van der Waals surface area contributed by atoms with Gasteiger partial charge in [-0.1, -0.05) is 45.4 Å². The number of allylic oxidation sites excluding steroid dienone is 7. The van der Waals surface area contributed by atoms with Crippen LogP contribution >= 0.6 is 0 Å². The van der Waals surface area contributed by atoms with Crippen LogP contribution in [0.25, 0.3) is 0 Å². The van der Waals surface area contributed by atoms with Crippen LogP contribution < -0.4 is 0 Å². The zero-order chi connectivity index (χ0) is 23.0. The molecule has 4 aliphatic rings. The van der Waals surface area contributed by atoms with Gasteiger partial charge in [0.25, 0.3) is 0 Å². The fraction of sp³-hybridized carbons (Fsp3) is 0.593. The van der Waals surface area contributed by atoms with Crippen LogP contribution in [0.4, 0.5) is 0 Å². The summed E-state index contributed by atoms with van der Waals surface area (Å²) in [5, 5.41) is 10.2. The molecular weight excluding hydrogens is 388 g/mol. The third-order valence-corrected chi connectivity index (χ3v) is 9.65. The molecule has 0 radical (unpaired) electrons. The third-order valence-electron chi connectivity index (χ3n) is 9.65. The first-order valence-corrected chi connectivity index (χ1v) is 11.4. The number of carbonyl (C=O) groups is 3. The Morgan fingerprint density at radius 1 is 1.13 bits per heavy atom. The molecule has 4 rings (SSSR count). The van der Waals surface area contributed by atoms with Crippen molar-refractivity contribution in [2.75, 3.05) is 0 Å². The van der Waals surface area contributed by atoms with Gasteiger partial charge < -0.3 is 14.7 Å². The molecular formula is C27H34O4. The SMILES string of the molecule is CC(=O)C[C@H]1[C@]2(C)CC[C@@]3(C)C4=CC(=O)C(O)=C(C)C4=CC=C3[C@@]2(C)CC[C@@]1(C)C=O. The van der Waals surface area contributed by atoms with Crippen molar-refractivity contribution in [3.05, 3.63) is 46.3 Å². The number of ketones is 2. The molecule has 5 atom stereocenters. The average Bonchev–Trinajstić information content (AvgIpc) is 2.71. The van der Waals surface area contributed by atoms with E-state index in [0.717, 1.165) is 43.1 Å². The van der Waals surface area contributed by atoms with Gasteiger partial charge in [0.2, 0.25) is 5.78 Å². The molecule has 0 unspecified atom stereocenters. The fourth-order valence-electron chi connectivity index (χ4n) is 7.40. The van der Waals surface area contributed by atoms with Gasteiger partial charge in [-0.25, -0.2) is 0 Å². The highest BCUT2D eigenvalue weighted by Gasteiger charge is 2.65. The van der Waals surface area contributed by atoms with Gasteiger partial charge in [0, 0.05) is 22.8 Å². The van der Waals surface area contributed by atoms with E-state index < -0.39 is 5.41 Å². The van der Waals surface area contributed by atoms with Crippen molar-refractivity contribution in [1.82, 2.24) is 0 Å². The minimum Gasteiger partial charge on any atom is -0.504 e. The Morgan fingerprint density at radius 3 is 2.42 bits per heavy atom. The van der Waals surface area contributed by atoms with Crippen molar-refractivity contribution in [3.63, 3.8) is 0 Å². The van der Waals surface area contributed by atoms with Crippen LogP contribution in [-0.4, -0.2) is 23.0 Å². The molecule has 0 aromatic heterocycles. The molecule has 1 N–H and O–H groups in total. The molecule has 0 bridgehead atoms. The first-order chi connectivity index (χ1) is 14.3. The molecule has 0 aromatic rings. The Hall–Kier alpha value is -2.23. The second-order valence-corrected chi connectivity index (χ2v) is 11.2. The molecule has 2 fully saturated rings. The molecule has 0 saturated heterocycles. The number of aliphatic hydroxyl groups excluding tert-OH is 1. The van der Waals surface area contributed by atoms with Crippen molar-refractivity contribution >= 4 is 17.9 Å². The van der Waals surface area contributed by atoms with Gasteiger partial charge in [-0.3, -0.25) is 4.79 Å². The first kappa shape index (κ1) is 22.0. The maximum Gasteiger partial charge on any atom is 0.220 e. The van der Waals surface area contributed by atoms with Crippen LogP contribution in [0.1, 0.15) is 73.6 Å². The maximum atomic E-state index is 12.5. The molecule has 0 aliphatic heterocycles. The monoisotopic (exact) mass is 422 g/mol. The normalized spacial score (nSPS) is 41.9. The lowest BCUT2D eigenvalue weighted by molar-refractivity contribution is -0.150. The van der Waals surface area contributed by atoms with E-state index in [2.05, 4.69) is 26.8 Å². The van der Waals surface area contributed by atoms with E-state index in [4.69, 9.17) is 0 Å². The van der Waals surface area contributed by atoms with Crippen molar-refractivity contribution in [2.24, 2.45) is 27.6 Å². The predicted molar refractivity (Wildman–Crippen MR) is 120 cm³/mol. The highest BCUT2D eigenvalue weighted by atomic mass is 16.3. The number of aldehydes is 1. The fourth-order valence-corrected chi connectivity index (χ4v) is 7.40. The summed E-state index contributed by atoms with van der Waals surface area (Å²) in [5.74, 6) is -0.369. The Morgan fingerprint density at radius 2 is 1.81 bits per heavy atom. The summed E-state index contributed by atoms with van der Waals surface area (Å²) in [6.45, 7) is 12.3. The number of hydrogen-bond donors (Lipinski definition) is 1. The summed E-state index contributed by atoms with van der Waals surface area (Å²) in [6.07, 6.45) is 10.7. The quantitative estimate of drug-likeness (QED) is 0.601. The lowest BCUT2D eigenvalue weighted by Crippen LogP contribution is -2.60. The van der Waals surface area contributed by atoms with E-state index in [0.29, 0.717) is 12.0 Å². The summed E-state index contributed by atoms with van der Waals surface area (Å²) >= 11 is 0. The van der Waals surface area contributed by atoms with E-state index in [9.17, 15) is 19.5 Å². The third kappa shape index (κ3) is 2.69. The Kier molecular flexibility index (Phi) is 4.70. The average molecular weight is 423 g/mol. The molecule has 166 valence electrons. The van der Waals surface area contributed by atoms with Crippen LogP contribution in [0, 0.1) is 27.6 Å². The standard InChI is InChI=1S/C27H34O4/c1-16(29)13-22-24(3,15-28)9-11-26(5)21-8-7-18-17(2)23(31)20(30)14-19(18)25(21,4)10-12-27(22,26)6/h7-8,14-15,22,31H,9-13H2,1-6H3/t22-,24+,25+,26-,27+/m1/s1. The van der Waals surface area contributed by atoms with Crippen LogP contribution in [0.15, 0.2) is 46.3 Å². The van der Waals surface area contributed by atoms with E-state index in [-0.39, 0.29) is 39.5 Å². The van der Waals surface area contributed by atoms with E-state index >= 15 is 0 Å². The summed E-state index contributed by atoms with van der Waals surface area (Å²) in [4.78, 5) is 37.0. The number of aliphatic hydroxyl groups is 1. The van der Waals surface area contributed by atoms with Crippen LogP contribution in [-0.2, 0) is 14.4 Å². The number of Topliss-reactive ketones (excluding diaryl/α,β-unsaturated/α-hetero) is 1. The molecule has 0 heterocycles. The second-order valence-electron chi connectivity index (χ2n) is 11.2. The Balaban J connectivity index is 1.90. The van der Waals surface area contributed by atoms with E-state index in [1.165, 1.54) is 5.57 Å². The van der Waals surface area contributed by atoms with Gasteiger partial charge in [0.05, 0.1) is 0 Å². The zero-order valence-corrected chi connectivity index (χ0v) is 19.6. The van der Waals surface area contributed by atoms with Crippen molar-refractivity contribution < 1.29 is 19.5 Å². The van der Waals surface area contributed by atoms with Crippen molar-refractivity contribution in [1.29, 1.82) is 0 Å². The molecule has 4 nitrogen and oxygen atoms in total. The number of fused-ring (bicyclic) bond motifs is 5. The summed E-state index contributed by atoms with van der Waals surface area (Å²) in [7, 11) is 0. The van der Waals surface area contributed by atoms with Gasteiger partial charge in [-0.2, -0.15) is 0 Å². The highest BCUT2D eigenvalue weighted by molar-refractivity contribution is 6.06. The molecule has 4 heteroatoms. The van der Waals surface area contributed by atoms with Gasteiger partial charge in [0.15, 0.2) is 5.76 Å². The Bertz CT molecular complexity index is 1020. The Labute approximate surface area is 185 Å². The number of rotatable bonds is 3. The molecule has 0 spiro atoms. The predicted octanol–water partition coefficient (Wildman–Crippen LogP) is 5.60. The maximum absolute atomic E-state index is 12.5. The van der Waals surface area contributed by atoms with Gasteiger partial charge >= 0.3 is 0 Å². The topological polar surface area (TPSA) is 71.4 Å². The lowest BCUT2D eigenvalue weighted by Gasteiger charge is -2.67. The summed E-state index contributed by atoms with van der Waals surface area (Å²) in [6, 6.07) is 0. The van der Waals surface area contributed by atoms with Gasteiger partial charge in [-0.15, -0.1) is 0 Å². The van der Waals surface area contributed by atoms with Crippen LogP contribution in [0.2, 0.25) is 0 Å². The van der Waals surface area contributed by atoms with Crippen molar-refractivity contribution in [3.8, 4) is 0 Å². The summed E-state index contributed by atoms with van der Waals surface area (Å²) < 4.78 is 0. The first-order valence-electron chi connectivity index (χ1n) is 11.4. The minimum absolute atomic E-state index is 0.0165. The second kappa shape index (κ2) is 6.63. The molecule has 0 aromatic carbocycles. The van der Waals surface area contributed by atoms with E-state index in [1.807, 2.05) is 19.9 Å². The zero-order valence-electron chi connectivity index (χ0n) is 19.6. The number of hydrogen-bond acceptors (Lipinski definition) is 4. The van der Waals surface area contributed by atoms with Crippen LogP contribution in [0.3, 0.4) is 0 Å². The van der Waals surface area contributed by atoms with Crippen molar-refractivity contribution in [2.45, 2.75) is 73.6 Å². The van der Waals surface area contributed by atoms with Gasteiger partial charge in [0.1, 0.15) is 12.1 Å². The largest absolute Gasteiger partial charge is 0.504 e. The van der Waals surface area contributed by atoms with E-state index in [1.54, 1.807) is 13.0 Å². The number of carbonyl (C=O) groups excluding carboxylic acids is 3. The minimum atomic E-state index is -0.505. The highest BCUT2D eigenvalue weighted by Crippen LogP contribution is 2.72. The molecule has 4 aliphatic carbocycles. The van der Waals surface area contributed by atoms with Crippen LogP contribution in [0.5, 0.6) is 0 Å².